The minimum absolute atomic E-state index is 0.0404. The van der Waals surface area contributed by atoms with Gasteiger partial charge < -0.3 is 14.8 Å². The first-order valence-electron chi connectivity index (χ1n) is 8.77. The standard InChI is InChI=1S/C21H24F2N2O3/c1-4-13-27-18-9-5-16(6-10-18)14-25(3)15(2)20(26)24-17-7-11-19(12-8-17)28-21(22)23/h4-12,15,21H,1,13-14H2,2-3H3,(H,24,26). The summed E-state index contributed by atoms with van der Waals surface area (Å²) in [6.45, 7) is 3.56. The van der Waals surface area contributed by atoms with Gasteiger partial charge in [-0.3, -0.25) is 9.69 Å². The fourth-order valence-corrected chi connectivity index (χ4v) is 2.44. The van der Waals surface area contributed by atoms with Gasteiger partial charge in [-0.15, -0.1) is 0 Å². The summed E-state index contributed by atoms with van der Waals surface area (Å²) in [4.78, 5) is 14.4. The number of nitrogens with one attached hydrogen (secondary N) is 1. The molecule has 0 bridgehead atoms. The molecular weight excluding hydrogens is 366 g/mol. The van der Waals surface area contributed by atoms with Crippen molar-refractivity contribution in [3.05, 3.63) is 66.7 Å². The van der Waals surface area contributed by atoms with Crippen LogP contribution in [-0.2, 0) is 11.3 Å². The number of rotatable bonds is 10. The van der Waals surface area contributed by atoms with Crippen molar-refractivity contribution in [2.24, 2.45) is 0 Å². The van der Waals surface area contributed by atoms with Gasteiger partial charge in [-0.2, -0.15) is 8.78 Å². The Morgan fingerprint density at radius 1 is 1.14 bits per heavy atom. The summed E-state index contributed by atoms with van der Waals surface area (Å²) in [7, 11) is 1.85. The molecule has 1 atom stereocenters. The van der Waals surface area contributed by atoms with E-state index in [0.29, 0.717) is 18.8 Å². The summed E-state index contributed by atoms with van der Waals surface area (Å²) in [6, 6.07) is 13.0. The molecule has 0 aliphatic rings. The first-order chi connectivity index (χ1) is 13.4. The van der Waals surface area contributed by atoms with E-state index in [1.807, 2.05) is 36.2 Å². The molecule has 2 aromatic carbocycles. The van der Waals surface area contributed by atoms with E-state index in [9.17, 15) is 13.6 Å². The second-order valence-corrected chi connectivity index (χ2v) is 6.23. The van der Waals surface area contributed by atoms with Crippen LogP contribution in [0.4, 0.5) is 14.5 Å². The Kier molecular flexibility index (Phi) is 7.95. The van der Waals surface area contributed by atoms with Crippen LogP contribution in [0, 0.1) is 0 Å². The number of hydrogen-bond acceptors (Lipinski definition) is 4. The second-order valence-electron chi connectivity index (χ2n) is 6.23. The van der Waals surface area contributed by atoms with Crippen LogP contribution in [0.3, 0.4) is 0 Å². The fraction of sp³-hybridized carbons (Fsp3) is 0.286. The van der Waals surface area contributed by atoms with Crippen molar-refractivity contribution in [3.63, 3.8) is 0 Å². The predicted octanol–water partition coefficient (Wildman–Crippen LogP) is 4.31. The Hall–Kier alpha value is -2.93. The molecule has 0 aromatic heterocycles. The molecule has 2 aromatic rings. The van der Waals surface area contributed by atoms with Gasteiger partial charge in [0.2, 0.25) is 5.91 Å². The summed E-state index contributed by atoms with van der Waals surface area (Å²) >= 11 is 0. The Morgan fingerprint density at radius 2 is 1.75 bits per heavy atom. The number of halogens is 2. The van der Waals surface area contributed by atoms with Crippen LogP contribution in [0.2, 0.25) is 0 Å². The molecule has 0 saturated carbocycles. The lowest BCUT2D eigenvalue weighted by Gasteiger charge is -2.24. The van der Waals surface area contributed by atoms with Gasteiger partial charge in [-0.05, 0) is 55.9 Å². The lowest BCUT2D eigenvalue weighted by atomic mass is 10.1. The van der Waals surface area contributed by atoms with Gasteiger partial charge in [0, 0.05) is 12.2 Å². The molecule has 5 nitrogen and oxygen atoms in total. The molecule has 28 heavy (non-hydrogen) atoms. The molecule has 1 N–H and O–H groups in total. The van der Waals surface area contributed by atoms with Gasteiger partial charge in [0.15, 0.2) is 0 Å². The maximum absolute atomic E-state index is 12.4. The number of nitrogens with zero attached hydrogens (tertiary/aromatic N) is 1. The Bertz CT molecular complexity index is 764. The zero-order valence-corrected chi connectivity index (χ0v) is 15.9. The third kappa shape index (κ3) is 6.66. The molecular formula is C21H24F2N2O3. The third-order valence-corrected chi connectivity index (χ3v) is 4.11. The highest BCUT2D eigenvalue weighted by Gasteiger charge is 2.18. The molecule has 2 rings (SSSR count). The van der Waals surface area contributed by atoms with Crippen molar-refractivity contribution >= 4 is 11.6 Å². The molecule has 7 heteroatoms. The van der Waals surface area contributed by atoms with E-state index in [1.165, 1.54) is 24.3 Å². The fourth-order valence-electron chi connectivity index (χ4n) is 2.44. The van der Waals surface area contributed by atoms with Crippen molar-refractivity contribution in [1.82, 2.24) is 4.90 Å². The van der Waals surface area contributed by atoms with Crippen LogP contribution in [0.5, 0.6) is 11.5 Å². The SMILES string of the molecule is C=CCOc1ccc(CN(C)C(C)C(=O)Nc2ccc(OC(F)F)cc2)cc1. The Balaban J connectivity index is 1.88. The Labute approximate surface area is 163 Å². The van der Waals surface area contributed by atoms with Crippen LogP contribution in [0.15, 0.2) is 61.2 Å². The van der Waals surface area contributed by atoms with E-state index >= 15 is 0 Å². The molecule has 0 heterocycles. The highest BCUT2D eigenvalue weighted by molar-refractivity contribution is 5.94. The molecule has 1 unspecified atom stereocenters. The molecule has 0 spiro atoms. The highest BCUT2D eigenvalue weighted by atomic mass is 19.3. The molecule has 0 radical (unpaired) electrons. The molecule has 0 aliphatic heterocycles. The van der Waals surface area contributed by atoms with Crippen LogP contribution >= 0.6 is 0 Å². The van der Waals surface area contributed by atoms with E-state index in [0.717, 1.165) is 11.3 Å². The summed E-state index contributed by atoms with van der Waals surface area (Å²) in [5, 5.41) is 2.77. The van der Waals surface area contributed by atoms with Gasteiger partial charge >= 0.3 is 6.61 Å². The van der Waals surface area contributed by atoms with Crippen LogP contribution in [-0.4, -0.2) is 37.1 Å². The number of likely N-dealkylation sites (N-methyl/N-ethyl adjacent to an activating group) is 1. The lowest BCUT2D eigenvalue weighted by Crippen LogP contribution is -2.39. The number of ether oxygens (including phenoxy) is 2. The quantitative estimate of drug-likeness (QED) is 0.614. The molecule has 0 saturated heterocycles. The van der Waals surface area contributed by atoms with Gasteiger partial charge in [0.1, 0.15) is 18.1 Å². The van der Waals surface area contributed by atoms with Gasteiger partial charge in [-0.25, -0.2) is 0 Å². The van der Waals surface area contributed by atoms with E-state index in [2.05, 4.69) is 16.6 Å². The van der Waals surface area contributed by atoms with Crippen molar-refractivity contribution in [2.45, 2.75) is 26.1 Å². The van der Waals surface area contributed by atoms with Gasteiger partial charge in [0.05, 0.1) is 6.04 Å². The molecule has 0 aliphatic carbocycles. The van der Waals surface area contributed by atoms with Crippen LogP contribution in [0.25, 0.3) is 0 Å². The molecule has 150 valence electrons. The molecule has 1 amide bonds. The largest absolute Gasteiger partial charge is 0.490 e. The van der Waals surface area contributed by atoms with Crippen molar-refractivity contribution in [3.8, 4) is 11.5 Å². The minimum Gasteiger partial charge on any atom is -0.490 e. The number of hydrogen-bond donors (Lipinski definition) is 1. The number of anilines is 1. The number of benzene rings is 2. The summed E-state index contributed by atoms with van der Waals surface area (Å²) < 4.78 is 34.1. The number of carbonyl (C=O) groups excluding carboxylic acids is 1. The average Bonchev–Trinajstić information content (AvgIpc) is 2.68. The predicted molar refractivity (Wildman–Crippen MR) is 105 cm³/mol. The van der Waals surface area contributed by atoms with Crippen molar-refractivity contribution < 1.29 is 23.0 Å². The van der Waals surface area contributed by atoms with Crippen LogP contribution < -0.4 is 14.8 Å². The zero-order chi connectivity index (χ0) is 20.5. The van der Waals surface area contributed by atoms with Gasteiger partial charge in [0.25, 0.3) is 0 Å². The summed E-state index contributed by atoms with van der Waals surface area (Å²) in [5.74, 6) is 0.603. The van der Waals surface area contributed by atoms with E-state index in [-0.39, 0.29) is 11.7 Å². The summed E-state index contributed by atoms with van der Waals surface area (Å²) in [6.07, 6.45) is 1.68. The maximum Gasteiger partial charge on any atom is 0.387 e. The van der Waals surface area contributed by atoms with Gasteiger partial charge in [-0.1, -0.05) is 24.8 Å². The van der Waals surface area contributed by atoms with E-state index in [4.69, 9.17) is 4.74 Å². The number of amides is 1. The third-order valence-electron chi connectivity index (χ3n) is 4.11. The number of alkyl halides is 2. The number of carbonyl (C=O) groups is 1. The van der Waals surface area contributed by atoms with E-state index in [1.54, 1.807) is 13.0 Å². The summed E-state index contributed by atoms with van der Waals surface area (Å²) in [5.41, 5.74) is 1.55. The monoisotopic (exact) mass is 390 g/mol. The van der Waals surface area contributed by atoms with Crippen molar-refractivity contribution in [1.29, 1.82) is 0 Å². The minimum atomic E-state index is -2.88. The second kappa shape index (κ2) is 10.4. The normalized spacial score (nSPS) is 11.9. The average molecular weight is 390 g/mol. The topological polar surface area (TPSA) is 50.8 Å². The Morgan fingerprint density at radius 3 is 2.32 bits per heavy atom. The highest BCUT2D eigenvalue weighted by Crippen LogP contribution is 2.19. The lowest BCUT2D eigenvalue weighted by molar-refractivity contribution is -0.120. The van der Waals surface area contributed by atoms with Crippen molar-refractivity contribution in [2.75, 3.05) is 19.0 Å². The van der Waals surface area contributed by atoms with Crippen LogP contribution in [0.1, 0.15) is 12.5 Å². The van der Waals surface area contributed by atoms with E-state index < -0.39 is 12.7 Å². The zero-order valence-electron chi connectivity index (χ0n) is 15.9. The molecule has 0 fully saturated rings. The maximum atomic E-state index is 12.4. The first kappa shape index (κ1) is 21.4. The smallest absolute Gasteiger partial charge is 0.387 e. The first-order valence-corrected chi connectivity index (χ1v) is 8.77.